The smallest absolute Gasteiger partial charge is 0.163 e. The summed E-state index contributed by atoms with van der Waals surface area (Å²) in [7, 11) is 0. The van der Waals surface area contributed by atoms with Crippen LogP contribution >= 0.6 is 24.8 Å². The van der Waals surface area contributed by atoms with Crippen molar-refractivity contribution < 1.29 is 34.7 Å². The Bertz CT molecular complexity index is 1380. The first-order chi connectivity index (χ1) is 21.6. The van der Waals surface area contributed by atoms with Gasteiger partial charge in [-0.25, -0.2) is 0 Å². The van der Waals surface area contributed by atoms with E-state index in [4.69, 9.17) is 9.47 Å². The molecule has 11 heteroatoms. The van der Waals surface area contributed by atoms with E-state index in [1.54, 1.807) is 18.2 Å². The van der Waals surface area contributed by atoms with Crippen LogP contribution in [0.15, 0.2) is 78.9 Å². The van der Waals surface area contributed by atoms with Gasteiger partial charge in [0.1, 0.15) is 36.9 Å². The topological polar surface area (TPSA) is 123 Å². The van der Waals surface area contributed by atoms with Crippen molar-refractivity contribution >= 4 is 30.6 Å². The molecule has 0 bridgehead atoms. The summed E-state index contributed by atoms with van der Waals surface area (Å²) in [6.45, 7) is 5.02. The molecule has 2 fully saturated rings. The summed E-state index contributed by atoms with van der Waals surface area (Å²) in [5, 5.41) is 43.4. The van der Waals surface area contributed by atoms with Crippen molar-refractivity contribution in [3.8, 4) is 11.5 Å². The third kappa shape index (κ3) is 10.4. The highest BCUT2D eigenvalue weighted by Gasteiger charge is 2.35. The van der Waals surface area contributed by atoms with Crippen LogP contribution in [0.2, 0.25) is 0 Å². The van der Waals surface area contributed by atoms with Crippen molar-refractivity contribution in [1.29, 1.82) is 0 Å². The van der Waals surface area contributed by atoms with Crippen molar-refractivity contribution in [3.63, 3.8) is 0 Å². The Morgan fingerprint density at radius 2 is 1.13 bits per heavy atom. The lowest BCUT2D eigenvalue weighted by Gasteiger charge is -2.39. The normalized spacial score (nSPS) is 19.0. The number of Topliss-reactive ketones (excluding diaryl/α,β-unsaturated/α-hetero) is 1. The molecule has 2 saturated heterocycles. The molecule has 5 rings (SSSR count). The van der Waals surface area contributed by atoms with Crippen LogP contribution in [0, 0.1) is 0 Å². The predicted molar refractivity (Wildman–Crippen MR) is 186 cm³/mol. The lowest BCUT2D eigenvalue weighted by molar-refractivity contribution is -0.0375. The molecule has 2 aliphatic heterocycles. The number of carbonyl (C=O) groups excluding carboxylic acids is 1. The van der Waals surface area contributed by atoms with Crippen LogP contribution in [0.3, 0.4) is 0 Å². The first-order valence-electron chi connectivity index (χ1n) is 15.9. The maximum Gasteiger partial charge on any atom is 0.163 e. The molecule has 0 amide bonds. The fourth-order valence-electron chi connectivity index (χ4n) is 6.36. The van der Waals surface area contributed by atoms with Gasteiger partial charge in [0.05, 0.1) is 16.8 Å². The average Bonchev–Trinajstić information content (AvgIpc) is 3.06. The summed E-state index contributed by atoms with van der Waals surface area (Å²) in [5.41, 5.74) is 0.504. The molecule has 0 aliphatic carbocycles. The van der Waals surface area contributed by atoms with E-state index in [0.29, 0.717) is 82.0 Å². The minimum absolute atomic E-state index is 0. The summed E-state index contributed by atoms with van der Waals surface area (Å²) < 4.78 is 11.7. The average molecular weight is 692 g/mol. The fourth-order valence-corrected chi connectivity index (χ4v) is 6.36. The number of β-amino-alcohol motifs (C(OH)–C–C–N with tert-alkyl or cyclic N) is 2. The Balaban J connectivity index is 0.00000300. The number of hydrogen-bond donors (Lipinski definition) is 4. The van der Waals surface area contributed by atoms with Crippen LogP contribution in [0.5, 0.6) is 11.5 Å². The molecular weight excluding hydrogens is 643 g/mol. The third-order valence-electron chi connectivity index (χ3n) is 9.13. The number of carbonyl (C=O) groups is 1. The molecule has 3 aromatic carbocycles. The molecule has 258 valence electrons. The summed E-state index contributed by atoms with van der Waals surface area (Å²) in [4.78, 5) is 16.7. The number of likely N-dealkylation sites (tertiary alicyclic amines) is 2. The molecule has 47 heavy (non-hydrogen) atoms. The maximum atomic E-state index is 12.4. The highest BCUT2D eigenvalue weighted by atomic mass is 35.5. The number of nitrogens with zero attached hydrogens (tertiary/aromatic N) is 2. The van der Waals surface area contributed by atoms with E-state index >= 15 is 0 Å². The second-order valence-electron chi connectivity index (χ2n) is 12.5. The summed E-state index contributed by atoms with van der Waals surface area (Å²) in [6.07, 6.45) is 0.863. The zero-order valence-electron chi connectivity index (χ0n) is 26.9. The molecule has 4 N–H and O–H groups in total. The number of ketones is 1. The van der Waals surface area contributed by atoms with Crippen molar-refractivity contribution in [2.75, 3.05) is 52.5 Å². The molecule has 0 spiro atoms. The fraction of sp³-hybridized carbons (Fsp3) is 0.472. The summed E-state index contributed by atoms with van der Waals surface area (Å²) in [6, 6.07) is 24.4. The van der Waals surface area contributed by atoms with Gasteiger partial charge in [-0.2, -0.15) is 0 Å². The van der Waals surface area contributed by atoms with Gasteiger partial charge in [-0.15, -0.1) is 24.8 Å². The van der Waals surface area contributed by atoms with Crippen LogP contribution < -0.4 is 9.47 Å². The zero-order valence-corrected chi connectivity index (χ0v) is 28.5. The summed E-state index contributed by atoms with van der Waals surface area (Å²) in [5.74, 6) is 0.621. The zero-order chi connectivity index (χ0) is 31.9. The lowest BCUT2D eigenvalue weighted by atomic mass is 9.84. The predicted octanol–water partition coefficient (Wildman–Crippen LogP) is 4.18. The van der Waals surface area contributed by atoms with E-state index in [0.717, 1.165) is 11.1 Å². The summed E-state index contributed by atoms with van der Waals surface area (Å²) >= 11 is 0. The SMILES string of the molecule is CC(=O)c1cc(OCC(O)CN2CCC(O)(c3ccccc3)CC2)ccc1OCC(O)CN1CCC(O)(c2ccccc2)CC1.Cl.Cl. The first-order valence-corrected chi connectivity index (χ1v) is 15.9. The van der Waals surface area contributed by atoms with Gasteiger partial charge in [0.15, 0.2) is 5.78 Å². The lowest BCUT2D eigenvalue weighted by Crippen LogP contribution is -2.46. The number of aliphatic hydroxyl groups excluding tert-OH is 2. The first kappa shape index (κ1) is 38.7. The van der Waals surface area contributed by atoms with Crippen molar-refractivity contribution in [2.24, 2.45) is 0 Å². The monoisotopic (exact) mass is 690 g/mol. The molecule has 9 nitrogen and oxygen atoms in total. The Hall–Kier alpha value is -2.73. The molecule has 2 heterocycles. The standard InChI is InChI=1S/C36H46N2O7.2ClH/c1-27(39)33-22-32(44-25-30(40)23-37-18-14-35(42,15-19-37)28-8-4-2-5-9-28)12-13-34(33)45-26-31(41)24-38-20-16-36(43,17-21-38)29-10-6-3-7-11-29;;/h2-13,22,30-31,40-43H,14-21,23-26H2,1H3;2*1H. The molecule has 2 aliphatic rings. The highest BCUT2D eigenvalue weighted by molar-refractivity contribution is 5.97. The van der Waals surface area contributed by atoms with Gasteiger partial charge in [0, 0.05) is 39.3 Å². The second-order valence-corrected chi connectivity index (χ2v) is 12.5. The maximum absolute atomic E-state index is 12.4. The van der Waals surface area contributed by atoms with E-state index in [-0.39, 0.29) is 43.8 Å². The third-order valence-corrected chi connectivity index (χ3v) is 9.13. The minimum atomic E-state index is -0.849. The van der Waals surface area contributed by atoms with Crippen molar-refractivity contribution in [1.82, 2.24) is 9.80 Å². The molecule has 0 aromatic heterocycles. The number of hydrogen-bond acceptors (Lipinski definition) is 9. The number of aliphatic hydroxyl groups is 4. The molecule has 2 atom stereocenters. The minimum Gasteiger partial charge on any atom is -0.491 e. The van der Waals surface area contributed by atoms with E-state index in [2.05, 4.69) is 9.80 Å². The van der Waals surface area contributed by atoms with Gasteiger partial charge in [-0.05, 0) is 61.9 Å². The van der Waals surface area contributed by atoms with Crippen molar-refractivity contribution in [3.05, 3.63) is 95.6 Å². The van der Waals surface area contributed by atoms with Gasteiger partial charge in [0.2, 0.25) is 0 Å². The quantitative estimate of drug-likeness (QED) is 0.196. The highest BCUT2D eigenvalue weighted by Crippen LogP contribution is 2.34. The second kappa shape index (κ2) is 17.6. The molecule has 2 unspecified atom stereocenters. The van der Waals surface area contributed by atoms with E-state index < -0.39 is 23.4 Å². The Morgan fingerprint density at radius 1 is 0.702 bits per heavy atom. The van der Waals surface area contributed by atoms with Gasteiger partial charge in [0.25, 0.3) is 0 Å². The van der Waals surface area contributed by atoms with Crippen LogP contribution in [-0.2, 0) is 11.2 Å². The molecular formula is C36H48Cl2N2O7. The Kier molecular flexibility index (Phi) is 14.5. The Morgan fingerprint density at radius 3 is 1.55 bits per heavy atom. The van der Waals surface area contributed by atoms with Crippen LogP contribution in [0.25, 0.3) is 0 Å². The van der Waals surface area contributed by atoms with E-state index in [1.165, 1.54) is 6.92 Å². The number of ether oxygens (including phenoxy) is 2. The van der Waals surface area contributed by atoms with Gasteiger partial charge in [-0.3, -0.25) is 4.79 Å². The van der Waals surface area contributed by atoms with Gasteiger partial charge >= 0.3 is 0 Å². The van der Waals surface area contributed by atoms with Gasteiger partial charge < -0.3 is 39.7 Å². The Labute approximate surface area is 289 Å². The number of halogens is 2. The van der Waals surface area contributed by atoms with Crippen LogP contribution in [0.1, 0.15) is 54.1 Å². The largest absolute Gasteiger partial charge is 0.491 e. The molecule has 3 aromatic rings. The van der Waals surface area contributed by atoms with E-state index in [9.17, 15) is 25.2 Å². The molecule has 0 saturated carbocycles. The van der Waals surface area contributed by atoms with Crippen LogP contribution in [-0.4, -0.2) is 101 Å². The van der Waals surface area contributed by atoms with Gasteiger partial charge in [-0.1, -0.05) is 60.7 Å². The number of benzene rings is 3. The number of piperidine rings is 2. The number of rotatable bonds is 13. The van der Waals surface area contributed by atoms with Crippen molar-refractivity contribution in [2.45, 2.75) is 56.0 Å². The molecule has 0 radical (unpaired) electrons. The van der Waals surface area contributed by atoms with Crippen LogP contribution in [0.4, 0.5) is 0 Å². The van der Waals surface area contributed by atoms with E-state index in [1.807, 2.05) is 60.7 Å².